The van der Waals surface area contributed by atoms with Crippen molar-refractivity contribution in [2.75, 3.05) is 0 Å². The summed E-state index contributed by atoms with van der Waals surface area (Å²) in [6, 6.07) is 70.3. The molecule has 0 bridgehead atoms. The molecule has 0 atom stereocenters. The number of hydrogen-bond acceptors (Lipinski definition) is 5. The van der Waals surface area contributed by atoms with Crippen molar-refractivity contribution in [1.29, 1.82) is 0 Å². The summed E-state index contributed by atoms with van der Waals surface area (Å²) in [6.45, 7) is 0. The maximum Gasteiger partial charge on any atom is 0.183 e. The molecule has 2 heterocycles. The van der Waals surface area contributed by atoms with E-state index >= 15 is 0 Å². The molecule has 0 fully saturated rings. The van der Waals surface area contributed by atoms with E-state index in [0.29, 0.717) is 28.9 Å². The molecular formula is C51H35N5. The van der Waals surface area contributed by atoms with Gasteiger partial charge in [-0.2, -0.15) is 0 Å². The highest BCUT2D eigenvalue weighted by Crippen LogP contribution is 2.33. The Hall–Kier alpha value is -7.63. The smallest absolute Gasteiger partial charge is 0.183 e. The van der Waals surface area contributed by atoms with E-state index in [2.05, 4.69) is 103 Å². The van der Waals surface area contributed by atoms with E-state index in [0.717, 1.165) is 61.3 Å². The van der Waals surface area contributed by atoms with Gasteiger partial charge in [0.15, 0.2) is 17.5 Å². The molecule has 0 unspecified atom stereocenters. The SMILES string of the molecule is c1ccc(C(=Nc2cccc(-c3ccccc3)c2)c2nc(-c3cc(-c4ccccc4)cc(-c4ccccc4)c3)nc(-c3cc(-c4ccccc4)ccn3)n2)cc1. The van der Waals surface area contributed by atoms with Gasteiger partial charge in [-0.05, 0) is 87.0 Å². The van der Waals surface area contributed by atoms with Gasteiger partial charge in [0.25, 0.3) is 0 Å². The Bertz CT molecular complexity index is 2710. The molecule has 9 rings (SSSR count). The zero-order valence-electron chi connectivity index (χ0n) is 30.4. The van der Waals surface area contributed by atoms with Crippen molar-refractivity contribution in [3.8, 4) is 67.4 Å². The molecule has 0 saturated carbocycles. The molecule has 5 nitrogen and oxygen atoms in total. The van der Waals surface area contributed by atoms with Crippen molar-refractivity contribution in [3.63, 3.8) is 0 Å². The largest absolute Gasteiger partial charge is 0.253 e. The molecule has 264 valence electrons. The molecule has 0 aliphatic heterocycles. The van der Waals surface area contributed by atoms with Gasteiger partial charge in [-0.25, -0.2) is 19.9 Å². The van der Waals surface area contributed by atoms with Gasteiger partial charge in [0.2, 0.25) is 0 Å². The lowest BCUT2D eigenvalue weighted by Crippen LogP contribution is -2.12. The highest BCUT2D eigenvalue weighted by atomic mass is 15.1. The number of hydrogen-bond donors (Lipinski definition) is 0. The van der Waals surface area contributed by atoms with Crippen LogP contribution in [0.2, 0.25) is 0 Å². The van der Waals surface area contributed by atoms with Crippen LogP contribution in [0.4, 0.5) is 5.69 Å². The summed E-state index contributed by atoms with van der Waals surface area (Å²) in [5, 5.41) is 0. The van der Waals surface area contributed by atoms with Crippen molar-refractivity contribution in [3.05, 3.63) is 224 Å². The number of nitrogens with zero attached hydrogens (tertiary/aromatic N) is 5. The summed E-state index contributed by atoms with van der Waals surface area (Å²) >= 11 is 0. The van der Waals surface area contributed by atoms with E-state index in [4.69, 9.17) is 24.9 Å². The summed E-state index contributed by atoms with van der Waals surface area (Å²) in [5.74, 6) is 1.42. The fourth-order valence-corrected chi connectivity index (χ4v) is 6.79. The zero-order valence-corrected chi connectivity index (χ0v) is 30.4. The van der Waals surface area contributed by atoms with Crippen LogP contribution < -0.4 is 0 Å². The third-order valence-corrected chi connectivity index (χ3v) is 9.59. The lowest BCUT2D eigenvalue weighted by Gasteiger charge is -2.13. The molecule has 0 amide bonds. The molecule has 0 N–H and O–H groups in total. The van der Waals surface area contributed by atoms with Crippen molar-refractivity contribution in [1.82, 2.24) is 19.9 Å². The van der Waals surface area contributed by atoms with E-state index in [1.54, 1.807) is 0 Å². The Morgan fingerprint density at radius 2 is 0.804 bits per heavy atom. The van der Waals surface area contributed by atoms with Crippen LogP contribution in [0.15, 0.2) is 217 Å². The predicted octanol–water partition coefficient (Wildman–Crippen LogP) is 12.4. The van der Waals surface area contributed by atoms with E-state index in [9.17, 15) is 0 Å². The Labute approximate surface area is 326 Å². The van der Waals surface area contributed by atoms with Gasteiger partial charge in [0.05, 0.1) is 5.69 Å². The maximum atomic E-state index is 5.29. The van der Waals surface area contributed by atoms with Crippen LogP contribution in [0.3, 0.4) is 0 Å². The Morgan fingerprint density at radius 1 is 0.339 bits per heavy atom. The van der Waals surface area contributed by atoms with E-state index in [-0.39, 0.29) is 0 Å². The number of rotatable bonds is 9. The third-order valence-electron chi connectivity index (χ3n) is 9.59. The third kappa shape index (κ3) is 7.56. The van der Waals surface area contributed by atoms with Crippen LogP contribution in [-0.2, 0) is 0 Å². The molecule has 0 spiro atoms. The quantitative estimate of drug-likeness (QED) is 0.139. The Balaban J connectivity index is 1.28. The predicted molar refractivity (Wildman–Crippen MR) is 228 cm³/mol. The summed E-state index contributed by atoms with van der Waals surface area (Å²) in [7, 11) is 0. The second-order valence-corrected chi connectivity index (χ2v) is 13.4. The normalized spacial score (nSPS) is 11.3. The average Bonchev–Trinajstić information content (AvgIpc) is 3.29. The molecule has 0 aliphatic rings. The van der Waals surface area contributed by atoms with Gasteiger partial charge >= 0.3 is 0 Å². The number of benzene rings is 7. The first-order valence-corrected chi connectivity index (χ1v) is 18.6. The van der Waals surface area contributed by atoms with Crippen LogP contribution in [0.25, 0.3) is 67.4 Å². The minimum absolute atomic E-state index is 0.444. The minimum Gasteiger partial charge on any atom is -0.253 e. The highest BCUT2D eigenvalue weighted by molar-refractivity contribution is 6.12. The molecule has 5 heteroatoms. The van der Waals surface area contributed by atoms with Crippen LogP contribution >= 0.6 is 0 Å². The van der Waals surface area contributed by atoms with Crippen LogP contribution in [0.1, 0.15) is 11.4 Å². The fourth-order valence-electron chi connectivity index (χ4n) is 6.79. The number of aromatic nitrogens is 4. The first-order valence-electron chi connectivity index (χ1n) is 18.6. The molecule has 7 aromatic carbocycles. The molecule has 2 aromatic heterocycles. The first kappa shape index (κ1) is 34.2. The van der Waals surface area contributed by atoms with Gasteiger partial charge in [-0.1, -0.05) is 164 Å². The summed E-state index contributed by atoms with van der Waals surface area (Å²) in [4.78, 5) is 25.7. The topological polar surface area (TPSA) is 63.9 Å². The fraction of sp³-hybridized carbons (Fsp3) is 0. The van der Waals surface area contributed by atoms with E-state index in [1.165, 1.54) is 0 Å². The maximum absolute atomic E-state index is 5.29. The Kier molecular flexibility index (Phi) is 9.62. The number of pyridine rings is 1. The summed E-state index contributed by atoms with van der Waals surface area (Å²) in [5.41, 5.74) is 12.4. The van der Waals surface area contributed by atoms with Crippen molar-refractivity contribution in [2.45, 2.75) is 0 Å². The van der Waals surface area contributed by atoms with Gasteiger partial charge in [0.1, 0.15) is 11.4 Å². The van der Waals surface area contributed by atoms with Crippen LogP contribution in [0, 0.1) is 0 Å². The highest BCUT2D eigenvalue weighted by Gasteiger charge is 2.19. The van der Waals surface area contributed by atoms with Crippen molar-refractivity contribution >= 4 is 11.4 Å². The summed E-state index contributed by atoms with van der Waals surface area (Å²) in [6.07, 6.45) is 1.81. The van der Waals surface area contributed by atoms with Crippen molar-refractivity contribution < 1.29 is 0 Å². The molecule has 0 aliphatic carbocycles. The minimum atomic E-state index is 0.444. The van der Waals surface area contributed by atoms with E-state index in [1.807, 2.05) is 109 Å². The van der Waals surface area contributed by atoms with Crippen LogP contribution in [-0.4, -0.2) is 25.6 Å². The molecular weight excluding hydrogens is 683 g/mol. The number of aliphatic imine (C=N–C) groups is 1. The molecule has 56 heavy (non-hydrogen) atoms. The van der Waals surface area contributed by atoms with Gasteiger partial charge in [0, 0.05) is 17.3 Å². The second-order valence-electron chi connectivity index (χ2n) is 13.4. The van der Waals surface area contributed by atoms with Gasteiger partial charge in [-0.3, -0.25) is 4.98 Å². The van der Waals surface area contributed by atoms with Crippen molar-refractivity contribution in [2.24, 2.45) is 4.99 Å². The average molecular weight is 718 g/mol. The first-order chi connectivity index (χ1) is 27.7. The summed E-state index contributed by atoms with van der Waals surface area (Å²) < 4.78 is 0. The molecule has 0 radical (unpaired) electrons. The molecule has 0 saturated heterocycles. The monoisotopic (exact) mass is 717 g/mol. The standard InChI is InChI=1S/C51H35N5/c1-6-17-36(18-7-1)41-27-16-28-46(34-41)53-48(40-25-14-5-15-26-40)51-55-49(54-50(56-51)47-35-42(29-30-52-47)37-19-8-2-9-20-37)45-32-43(38-21-10-3-11-22-38)31-44(33-45)39-23-12-4-13-24-39/h1-35H. The lowest BCUT2D eigenvalue weighted by molar-refractivity contribution is 1.03. The molecule has 9 aromatic rings. The van der Waals surface area contributed by atoms with Crippen LogP contribution in [0.5, 0.6) is 0 Å². The van der Waals surface area contributed by atoms with E-state index < -0.39 is 0 Å². The Morgan fingerprint density at radius 3 is 1.38 bits per heavy atom. The van der Waals surface area contributed by atoms with Gasteiger partial charge < -0.3 is 0 Å². The lowest BCUT2D eigenvalue weighted by atomic mass is 9.96. The zero-order chi connectivity index (χ0) is 37.5. The van der Waals surface area contributed by atoms with Gasteiger partial charge in [-0.15, -0.1) is 0 Å². The second kappa shape index (κ2) is 15.8.